The van der Waals surface area contributed by atoms with Crippen LogP contribution in [0, 0.1) is 11.8 Å². The average molecular weight is 317 g/mol. The molecule has 1 aromatic carbocycles. The summed E-state index contributed by atoms with van der Waals surface area (Å²) in [5.41, 5.74) is 2.20. The van der Waals surface area contributed by atoms with Crippen molar-refractivity contribution in [2.75, 3.05) is 51.3 Å². The Labute approximate surface area is 138 Å². The first kappa shape index (κ1) is 16.4. The van der Waals surface area contributed by atoms with Gasteiger partial charge in [0.1, 0.15) is 0 Å². The lowest BCUT2D eigenvalue weighted by Gasteiger charge is -2.31. The molecule has 2 saturated heterocycles. The molecular formula is C18H27N3O2. The Bertz CT molecular complexity index is 508. The molecule has 1 aromatic rings. The monoisotopic (exact) mass is 317 g/mol. The summed E-state index contributed by atoms with van der Waals surface area (Å²) in [7, 11) is 0. The number of carbonyl (C=O) groups excluding carboxylic acids is 1. The number of benzene rings is 1. The molecule has 5 heteroatoms. The molecule has 1 unspecified atom stereocenters. The zero-order valence-corrected chi connectivity index (χ0v) is 13.9. The molecule has 0 spiro atoms. The minimum atomic E-state index is 0.0669. The predicted octanol–water partition coefficient (Wildman–Crippen LogP) is 1.36. The molecule has 0 aliphatic carbocycles. The maximum absolute atomic E-state index is 12.2. The summed E-state index contributed by atoms with van der Waals surface area (Å²) in [5, 5.41) is 6.25. The van der Waals surface area contributed by atoms with Gasteiger partial charge in [0.2, 0.25) is 5.91 Å². The van der Waals surface area contributed by atoms with E-state index >= 15 is 0 Å². The van der Waals surface area contributed by atoms with Gasteiger partial charge in [-0.15, -0.1) is 0 Å². The van der Waals surface area contributed by atoms with Gasteiger partial charge in [-0.3, -0.25) is 9.69 Å². The number of amides is 1. The van der Waals surface area contributed by atoms with Gasteiger partial charge >= 0.3 is 0 Å². The van der Waals surface area contributed by atoms with Crippen LogP contribution in [0.2, 0.25) is 0 Å². The number of nitrogens with one attached hydrogen (secondary N) is 2. The summed E-state index contributed by atoms with van der Waals surface area (Å²) in [4.78, 5) is 14.6. The molecular weight excluding hydrogens is 290 g/mol. The van der Waals surface area contributed by atoms with Crippen molar-refractivity contribution in [3.8, 4) is 0 Å². The molecule has 0 aromatic heterocycles. The molecule has 2 heterocycles. The third kappa shape index (κ3) is 4.53. The highest BCUT2D eigenvalue weighted by atomic mass is 16.5. The highest BCUT2D eigenvalue weighted by molar-refractivity contribution is 5.92. The van der Waals surface area contributed by atoms with E-state index in [0.29, 0.717) is 5.92 Å². The average Bonchev–Trinajstić information content (AvgIpc) is 2.53. The topological polar surface area (TPSA) is 53.6 Å². The first-order valence-electron chi connectivity index (χ1n) is 8.63. The summed E-state index contributed by atoms with van der Waals surface area (Å²) in [6.45, 7) is 8.74. The Kier molecular flexibility index (Phi) is 5.65. The fourth-order valence-electron chi connectivity index (χ4n) is 3.00. The van der Waals surface area contributed by atoms with Crippen molar-refractivity contribution in [1.29, 1.82) is 0 Å². The highest BCUT2D eigenvalue weighted by Crippen LogP contribution is 2.18. The van der Waals surface area contributed by atoms with E-state index in [0.717, 1.165) is 58.0 Å². The van der Waals surface area contributed by atoms with Crippen LogP contribution in [-0.4, -0.2) is 56.7 Å². The van der Waals surface area contributed by atoms with Crippen molar-refractivity contribution in [3.05, 3.63) is 29.8 Å². The number of carbonyl (C=O) groups is 1. The molecule has 3 rings (SSSR count). The molecule has 2 fully saturated rings. The van der Waals surface area contributed by atoms with Gasteiger partial charge in [0.05, 0.1) is 13.2 Å². The van der Waals surface area contributed by atoms with Crippen LogP contribution >= 0.6 is 0 Å². The number of hydrogen-bond donors (Lipinski definition) is 2. The lowest BCUT2D eigenvalue weighted by atomic mass is 9.88. The van der Waals surface area contributed by atoms with Crippen molar-refractivity contribution in [3.63, 3.8) is 0 Å². The Balaban J connectivity index is 1.45. The molecule has 5 nitrogen and oxygen atoms in total. The second-order valence-corrected chi connectivity index (χ2v) is 6.60. The number of hydrogen-bond acceptors (Lipinski definition) is 4. The zero-order chi connectivity index (χ0) is 16.1. The first-order chi connectivity index (χ1) is 11.2. The molecule has 0 bridgehead atoms. The van der Waals surface area contributed by atoms with Crippen molar-refractivity contribution in [2.45, 2.75) is 13.3 Å². The summed E-state index contributed by atoms with van der Waals surface area (Å²) in [5.74, 6) is 0.664. The van der Waals surface area contributed by atoms with Crippen LogP contribution in [0.3, 0.4) is 0 Å². The Morgan fingerprint density at radius 2 is 2.00 bits per heavy atom. The number of anilines is 1. The maximum Gasteiger partial charge on any atom is 0.227 e. The molecule has 2 aliphatic rings. The van der Waals surface area contributed by atoms with Crippen LogP contribution < -0.4 is 10.6 Å². The number of ether oxygens (including phenoxy) is 1. The summed E-state index contributed by atoms with van der Waals surface area (Å²) >= 11 is 0. The van der Waals surface area contributed by atoms with E-state index in [1.807, 2.05) is 19.1 Å². The predicted molar refractivity (Wildman–Crippen MR) is 91.6 cm³/mol. The standard InChI is InChI=1S/C18H27N3O2/c1-14(16-12-19-13-16)18(22)20-17-4-2-15(3-5-17)6-7-21-8-10-23-11-9-21/h2-5,14,16,19H,6-13H2,1H3,(H,20,22). The molecule has 1 atom stereocenters. The molecule has 126 valence electrons. The minimum absolute atomic E-state index is 0.0669. The smallest absolute Gasteiger partial charge is 0.227 e. The normalized spacial score (nSPS) is 20.7. The Morgan fingerprint density at radius 3 is 2.61 bits per heavy atom. The van der Waals surface area contributed by atoms with Gasteiger partial charge in [0.15, 0.2) is 0 Å². The van der Waals surface area contributed by atoms with Gasteiger partial charge in [-0.2, -0.15) is 0 Å². The van der Waals surface area contributed by atoms with Gasteiger partial charge in [-0.1, -0.05) is 19.1 Å². The van der Waals surface area contributed by atoms with E-state index in [1.165, 1.54) is 5.56 Å². The van der Waals surface area contributed by atoms with Crippen LogP contribution in [0.25, 0.3) is 0 Å². The van der Waals surface area contributed by atoms with E-state index < -0.39 is 0 Å². The van der Waals surface area contributed by atoms with E-state index in [-0.39, 0.29) is 11.8 Å². The fourth-order valence-corrected chi connectivity index (χ4v) is 3.00. The van der Waals surface area contributed by atoms with Crippen molar-refractivity contribution < 1.29 is 9.53 Å². The van der Waals surface area contributed by atoms with Crippen LogP contribution in [0.5, 0.6) is 0 Å². The van der Waals surface area contributed by atoms with Crippen LogP contribution in [0.4, 0.5) is 5.69 Å². The van der Waals surface area contributed by atoms with Crippen molar-refractivity contribution in [2.24, 2.45) is 11.8 Å². The van der Waals surface area contributed by atoms with E-state index in [4.69, 9.17) is 4.74 Å². The molecule has 0 saturated carbocycles. The third-order valence-electron chi connectivity index (χ3n) is 4.98. The second kappa shape index (κ2) is 7.90. The lowest BCUT2D eigenvalue weighted by Crippen LogP contribution is -2.48. The van der Waals surface area contributed by atoms with Gasteiger partial charge < -0.3 is 15.4 Å². The SMILES string of the molecule is CC(C(=O)Nc1ccc(CCN2CCOCC2)cc1)C1CNC1. The second-order valence-electron chi connectivity index (χ2n) is 6.60. The fraction of sp³-hybridized carbons (Fsp3) is 0.611. The van der Waals surface area contributed by atoms with Crippen molar-refractivity contribution >= 4 is 11.6 Å². The summed E-state index contributed by atoms with van der Waals surface area (Å²) in [6.07, 6.45) is 1.04. The van der Waals surface area contributed by atoms with Crippen molar-refractivity contribution in [1.82, 2.24) is 10.2 Å². The maximum atomic E-state index is 12.2. The van der Waals surface area contributed by atoms with Gasteiger partial charge in [-0.25, -0.2) is 0 Å². The molecule has 1 amide bonds. The van der Waals surface area contributed by atoms with E-state index in [9.17, 15) is 4.79 Å². The van der Waals surface area contributed by atoms with E-state index in [2.05, 4.69) is 27.7 Å². The van der Waals surface area contributed by atoms with Gasteiger partial charge in [0.25, 0.3) is 0 Å². The Hall–Kier alpha value is -1.43. The van der Waals surface area contributed by atoms with E-state index in [1.54, 1.807) is 0 Å². The van der Waals surface area contributed by atoms with Crippen LogP contribution in [-0.2, 0) is 16.0 Å². The molecule has 2 aliphatic heterocycles. The first-order valence-corrected chi connectivity index (χ1v) is 8.63. The molecule has 0 radical (unpaired) electrons. The highest BCUT2D eigenvalue weighted by Gasteiger charge is 2.28. The lowest BCUT2D eigenvalue weighted by molar-refractivity contribution is -0.121. The molecule has 2 N–H and O–H groups in total. The molecule has 23 heavy (non-hydrogen) atoms. The third-order valence-corrected chi connectivity index (χ3v) is 4.98. The largest absolute Gasteiger partial charge is 0.379 e. The quantitative estimate of drug-likeness (QED) is 0.832. The van der Waals surface area contributed by atoms with Gasteiger partial charge in [0, 0.05) is 31.2 Å². The number of nitrogens with zero attached hydrogens (tertiary/aromatic N) is 1. The Morgan fingerprint density at radius 1 is 1.30 bits per heavy atom. The van der Waals surface area contributed by atoms with Crippen LogP contribution in [0.1, 0.15) is 12.5 Å². The van der Waals surface area contributed by atoms with Crippen LogP contribution in [0.15, 0.2) is 24.3 Å². The number of morpholine rings is 1. The zero-order valence-electron chi connectivity index (χ0n) is 13.9. The number of rotatable bonds is 6. The summed E-state index contributed by atoms with van der Waals surface area (Å²) in [6, 6.07) is 8.26. The minimum Gasteiger partial charge on any atom is -0.379 e. The summed E-state index contributed by atoms with van der Waals surface area (Å²) < 4.78 is 5.37. The van der Waals surface area contributed by atoms with Gasteiger partial charge in [-0.05, 0) is 43.1 Å².